The van der Waals surface area contributed by atoms with Crippen LogP contribution < -0.4 is 0 Å². The van der Waals surface area contributed by atoms with E-state index in [1.807, 2.05) is 6.07 Å². The summed E-state index contributed by atoms with van der Waals surface area (Å²) >= 11 is 0. The lowest BCUT2D eigenvalue weighted by Gasteiger charge is -1.94. The van der Waals surface area contributed by atoms with Gasteiger partial charge in [0.1, 0.15) is 5.82 Å². The number of rotatable bonds is 2. The van der Waals surface area contributed by atoms with Gasteiger partial charge in [0.2, 0.25) is 0 Å². The SMILES string of the molecule is N#Cc1ccc(N=Cc2ccc(F)cc2)cc1. The maximum Gasteiger partial charge on any atom is 0.123 e. The molecule has 2 aromatic carbocycles. The number of aliphatic imine (C=N–C) groups is 1. The second-order valence-corrected chi connectivity index (χ2v) is 3.47. The van der Waals surface area contributed by atoms with Crippen LogP contribution in [-0.2, 0) is 0 Å². The molecule has 0 spiro atoms. The topological polar surface area (TPSA) is 36.1 Å². The third kappa shape index (κ3) is 2.99. The highest BCUT2D eigenvalue weighted by Crippen LogP contribution is 2.12. The first kappa shape index (κ1) is 11.0. The molecule has 0 amide bonds. The molecule has 0 atom stereocenters. The van der Waals surface area contributed by atoms with E-state index in [2.05, 4.69) is 4.99 Å². The van der Waals surface area contributed by atoms with Crippen molar-refractivity contribution in [2.75, 3.05) is 0 Å². The van der Waals surface area contributed by atoms with E-state index in [1.54, 1.807) is 42.6 Å². The summed E-state index contributed by atoms with van der Waals surface area (Å²) in [6.07, 6.45) is 1.65. The quantitative estimate of drug-likeness (QED) is 0.719. The molecule has 2 rings (SSSR count). The molecule has 0 aliphatic heterocycles. The van der Waals surface area contributed by atoms with Gasteiger partial charge in [-0.2, -0.15) is 5.26 Å². The van der Waals surface area contributed by atoms with Crippen LogP contribution in [0.4, 0.5) is 10.1 Å². The zero-order valence-electron chi connectivity index (χ0n) is 8.97. The van der Waals surface area contributed by atoms with E-state index in [0.717, 1.165) is 11.3 Å². The molecule has 2 nitrogen and oxygen atoms in total. The van der Waals surface area contributed by atoms with Gasteiger partial charge >= 0.3 is 0 Å². The summed E-state index contributed by atoms with van der Waals surface area (Å²) in [5, 5.41) is 8.64. The lowest BCUT2D eigenvalue weighted by atomic mass is 10.2. The molecule has 0 fully saturated rings. The van der Waals surface area contributed by atoms with Crippen LogP contribution in [0.2, 0.25) is 0 Å². The lowest BCUT2D eigenvalue weighted by Crippen LogP contribution is -1.81. The van der Waals surface area contributed by atoms with Crippen LogP contribution in [0.1, 0.15) is 11.1 Å². The molecule has 0 radical (unpaired) electrons. The minimum Gasteiger partial charge on any atom is -0.256 e. The molecular formula is C14H9FN2. The summed E-state index contributed by atoms with van der Waals surface area (Å²) in [7, 11) is 0. The van der Waals surface area contributed by atoms with Gasteiger partial charge in [-0.1, -0.05) is 12.1 Å². The van der Waals surface area contributed by atoms with Gasteiger partial charge in [0.15, 0.2) is 0 Å². The predicted octanol–water partition coefficient (Wildman–Crippen LogP) is 3.45. The number of halogens is 1. The van der Waals surface area contributed by atoms with E-state index in [4.69, 9.17) is 5.26 Å². The second-order valence-electron chi connectivity index (χ2n) is 3.47. The van der Waals surface area contributed by atoms with Crippen molar-refractivity contribution >= 4 is 11.9 Å². The van der Waals surface area contributed by atoms with Crippen LogP contribution in [0.25, 0.3) is 0 Å². The van der Waals surface area contributed by atoms with E-state index >= 15 is 0 Å². The number of nitrogens with zero attached hydrogens (tertiary/aromatic N) is 2. The first-order valence-corrected chi connectivity index (χ1v) is 5.08. The average Bonchev–Trinajstić information content (AvgIpc) is 2.39. The van der Waals surface area contributed by atoms with E-state index in [-0.39, 0.29) is 5.82 Å². The summed E-state index contributed by atoms with van der Waals surface area (Å²) in [5.74, 6) is -0.263. The Labute approximate surface area is 98.7 Å². The van der Waals surface area contributed by atoms with Crippen LogP contribution >= 0.6 is 0 Å². The number of nitriles is 1. The molecule has 0 aromatic heterocycles. The van der Waals surface area contributed by atoms with Crippen LogP contribution in [0.5, 0.6) is 0 Å². The van der Waals surface area contributed by atoms with Crippen molar-refractivity contribution in [3.05, 3.63) is 65.5 Å². The Morgan fingerprint density at radius 2 is 1.65 bits per heavy atom. The summed E-state index contributed by atoms with van der Waals surface area (Å²) in [6, 6.07) is 15.1. The zero-order chi connectivity index (χ0) is 12.1. The predicted molar refractivity (Wildman–Crippen MR) is 64.8 cm³/mol. The fraction of sp³-hybridized carbons (Fsp3) is 0. The molecule has 0 unspecified atom stereocenters. The maximum absolute atomic E-state index is 12.7. The highest BCUT2D eigenvalue weighted by atomic mass is 19.1. The van der Waals surface area contributed by atoms with E-state index in [1.165, 1.54) is 12.1 Å². The fourth-order valence-corrected chi connectivity index (χ4v) is 1.32. The van der Waals surface area contributed by atoms with Crippen molar-refractivity contribution in [2.45, 2.75) is 0 Å². The molecule has 0 aliphatic rings. The Morgan fingerprint density at radius 3 is 2.24 bits per heavy atom. The highest BCUT2D eigenvalue weighted by Gasteiger charge is 1.92. The van der Waals surface area contributed by atoms with E-state index in [9.17, 15) is 4.39 Å². The monoisotopic (exact) mass is 224 g/mol. The van der Waals surface area contributed by atoms with Crippen LogP contribution in [0.3, 0.4) is 0 Å². The van der Waals surface area contributed by atoms with Crippen molar-refractivity contribution in [2.24, 2.45) is 4.99 Å². The van der Waals surface area contributed by atoms with Gasteiger partial charge in [-0.25, -0.2) is 4.39 Å². The largest absolute Gasteiger partial charge is 0.256 e. The molecule has 2 aromatic rings. The van der Waals surface area contributed by atoms with Crippen molar-refractivity contribution in [1.82, 2.24) is 0 Å². The first-order chi connectivity index (χ1) is 8.28. The number of benzene rings is 2. The maximum atomic E-state index is 12.7. The van der Waals surface area contributed by atoms with Crippen molar-refractivity contribution < 1.29 is 4.39 Å². The summed E-state index contributed by atoms with van der Waals surface area (Å²) in [6.45, 7) is 0. The molecule has 0 heterocycles. The Morgan fingerprint density at radius 1 is 1.00 bits per heavy atom. The van der Waals surface area contributed by atoms with Crippen LogP contribution in [-0.4, -0.2) is 6.21 Å². The van der Waals surface area contributed by atoms with E-state index < -0.39 is 0 Å². The van der Waals surface area contributed by atoms with E-state index in [0.29, 0.717) is 5.56 Å². The molecular weight excluding hydrogens is 215 g/mol. The normalized spacial score (nSPS) is 10.4. The van der Waals surface area contributed by atoms with Gasteiger partial charge in [-0.3, -0.25) is 4.99 Å². The second kappa shape index (κ2) is 5.04. The molecule has 0 N–H and O–H groups in total. The summed E-state index contributed by atoms with van der Waals surface area (Å²) < 4.78 is 12.7. The molecule has 0 saturated carbocycles. The molecule has 3 heteroatoms. The number of hydrogen-bond acceptors (Lipinski definition) is 2. The average molecular weight is 224 g/mol. The van der Waals surface area contributed by atoms with Gasteiger partial charge in [0.05, 0.1) is 17.3 Å². The van der Waals surface area contributed by atoms with Crippen molar-refractivity contribution in [1.29, 1.82) is 5.26 Å². The van der Waals surface area contributed by atoms with Crippen LogP contribution in [0.15, 0.2) is 53.5 Å². The van der Waals surface area contributed by atoms with Crippen molar-refractivity contribution in [3.8, 4) is 6.07 Å². The molecule has 17 heavy (non-hydrogen) atoms. The Balaban J connectivity index is 2.14. The zero-order valence-corrected chi connectivity index (χ0v) is 8.97. The molecule has 0 bridgehead atoms. The number of hydrogen-bond donors (Lipinski definition) is 0. The van der Waals surface area contributed by atoms with Crippen LogP contribution in [0, 0.1) is 17.1 Å². The third-order valence-electron chi connectivity index (χ3n) is 2.23. The molecule has 82 valence electrons. The fourth-order valence-electron chi connectivity index (χ4n) is 1.32. The Bertz CT molecular complexity index is 563. The van der Waals surface area contributed by atoms with Crippen molar-refractivity contribution in [3.63, 3.8) is 0 Å². The third-order valence-corrected chi connectivity index (χ3v) is 2.23. The minimum absolute atomic E-state index is 0.263. The minimum atomic E-state index is -0.263. The van der Waals surface area contributed by atoms with Gasteiger partial charge in [-0.15, -0.1) is 0 Å². The highest BCUT2D eigenvalue weighted by molar-refractivity contribution is 5.81. The van der Waals surface area contributed by atoms with Gasteiger partial charge < -0.3 is 0 Å². The molecule has 0 saturated heterocycles. The standard InChI is InChI=1S/C14H9FN2/c15-13-5-1-12(2-6-13)10-17-14-7-3-11(9-16)4-8-14/h1-8,10H. The lowest BCUT2D eigenvalue weighted by molar-refractivity contribution is 0.628. The Hall–Kier alpha value is -2.47. The van der Waals surface area contributed by atoms with Gasteiger partial charge in [0, 0.05) is 6.21 Å². The first-order valence-electron chi connectivity index (χ1n) is 5.08. The summed E-state index contributed by atoms with van der Waals surface area (Å²) in [4.78, 5) is 4.22. The Kier molecular flexibility index (Phi) is 3.27. The van der Waals surface area contributed by atoms with Gasteiger partial charge in [-0.05, 0) is 42.0 Å². The smallest absolute Gasteiger partial charge is 0.123 e. The van der Waals surface area contributed by atoms with Gasteiger partial charge in [0.25, 0.3) is 0 Å². The molecule has 0 aliphatic carbocycles. The summed E-state index contributed by atoms with van der Waals surface area (Å²) in [5.41, 5.74) is 2.19.